The molecule has 0 amide bonds. The Labute approximate surface area is 100 Å². The van der Waals surface area contributed by atoms with Crippen LogP contribution in [0, 0.1) is 5.92 Å². The van der Waals surface area contributed by atoms with Crippen molar-refractivity contribution in [3.05, 3.63) is 18.2 Å². The molecule has 1 atom stereocenters. The summed E-state index contributed by atoms with van der Waals surface area (Å²) in [7, 11) is 0. The molecule has 0 radical (unpaired) electrons. The van der Waals surface area contributed by atoms with Gasteiger partial charge in [-0.3, -0.25) is 0 Å². The highest BCUT2D eigenvalue weighted by molar-refractivity contribution is 4.97. The smallest absolute Gasteiger partial charge is 0.111 e. The van der Waals surface area contributed by atoms with Gasteiger partial charge in [0.05, 0.1) is 0 Å². The molecule has 0 aliphatic rings. The van der Waals surface area contributed by atoms with Gasteiger partial charge in [-0.1, -0.05) is 47.0 Å². The lowest BCUT2D eigenvalue weighted by molar-refractivity contribution is 0.382. The normalized spacial score (nSPS) is 13.3. The summed E-state index contributed by atoms with van der Waals surface area (Å²) < 4.78 is 2.34. The molecule has 0 aromatic carbocycles. The van der Waals surface area contributed by atoms with E-state index in [2.05, 4.69) is 43.4 Å². The second kappa shape index (κ2) is 6.72. The van der Waals surface area contributed by atoms with E-state index in [1.165, 1.54) is 31.5 Å². The Morgan fingerprint density at radius 3 is 2.62 bits per heavy atom. The van der Waals surface area contributed by atoms with Crippen molar-refractivity contribution < 1.29 is 0 Å². The van der Waals surface area contributed by atoms with Crippen LogP contribution in [0.15, 0.2) is 12.4 Å². The summed E-state index contributed by atoms with van der Waals surface area (Å²) in [6, 6.07) is 0. The summed E-state index contributed by atoms with van der Waals surface area (Å²) in [5.41, 5.74) is 0. The third-order valence-corrected chi connectivity index (χ3v) is 3.26. The summed E-state index contributed by atoms with van der Waals surface area (Å²) in [5, 5.41) is 0. The molecule has 0 fully saturated rings. The van der Waals surface area contributed by atoms with Gasteiger partial charge in [-0.25, -0.2) is 4.98 Å². The number of hydrogen-bond acceptors (Lipinski definition) is 1. The molecule has 0 saturated heterocycles. The molecule has 0 aliphatic carbocycles. The van der Waals surface area contributed by atoms with E-state index in [-0.39, 0.29) is 0 Å². The topological polar surface area (TPSA) is 17.8 Å². The van der Waals surface area contributed by atoms with Crippen molar-refractivity contribution in [2.24, 2.45) is 5.92 Å². The number of rotatable bonds is 7. The molecule has 0 aliphatic heterocycles. The summed E-state index contributed by atoms with van der Waals surface area (Å²) in [6.45, 7) is 10.1. The fourth-order valence-electron chi connectivity index (χ4n) is 2.17. The average Bonchev–Trinajstić information content (AvgIpc) is 2.72. The second-order valence-corrected chi connectivity index (χ2v) is 5.01. The molecular weight excluding hydrogens is 196 g/mol. The van der Waals surface area contributed by atoms with Crippen molar-refractivity contribution in [1.29, 1.82) is 0 Å². The van der Waals surface area contributed by atoms with E-state index in [4.69, 9.17) is 0 Å². The van der Waals surface area contributed by atoms with Gasteiger partial charge in [-0.15, -0.1) is 0 Å². The van der Waals surface area contributed by atoms with Crippen LogP contribution in [0.4, 0.5) is 0 Å². The lowest BCUT2D eigenvalue weighted by Gasteiger charge is -2.18. The summed E-state index contributed by atoms with van der Waals surface area (Å²) in [4.78, 5) is 4.45. The monoisotopic (exact) mass is 222 g/mol. The molecule has 0 N–H and O–H groups in total. The van der Waals surface area contributed by atoms with Crippen LogP contribution in [0.25, 0.3) is 0 Å². The minimum absolute atomic E-state index is 0.527. The van der Waals surface area contributed by atoms with Crippen LogP contribution in [-0.4, -0.2) is 9.55 Å². The molecular formula is C14H26N2. The van der Waals surface area contributed by atoms with Gasteiger partial charge in [0.25, 0.3) is 0 Å². The Hall–Kier alpha value is -0.790. The number of nitrogens with zero attached hydrogens (tertiary/aromatic N) is 2. The molecule has 0 saturated carbocycles. The standard InChI is InChI=1S/C14H26N2/c1-5-7-8-13(6-2)11-16-10-9-15-14(16)12(3)4/h9-10,12-13H,5-8,11H2,1-4H3. The van der Waals surface area contributed by atoms with Gasteiger partial charge in [0.15, 0.2) is 0 Å². The Balaban J connectivity index is 2.59. The lowest BCUT2D eigenvalue weighted by atomic mass is 9.99. The van der Waals surface area contributed by atoms with E-state index >= 15 is 0 Å². The number of hydrogen-bond donors (Lipinski definition) is 0. The summed E-state index contributed by atoms with van der Waals surface area (Å²) >= 11 is 0. The van der Waals surface area contributed by atoms with Gasteiger partial charge >= 0.3 is 0 Å². The molecule has 16 heavy (non-hydrogen) atoms. The van der Waals surface area contributed by atoms with E-state index in [1.54, 1.807) is 0 Å². The zero-order valence-electron chi connectivity index (χ0n) is 11.2. The Morgan fingerprint density at radius 1 is 1.31 bits per heavy atom. The fourth-order valence-corrected chi connectivity index (χ4v) is 2.17. The van der Waals surface area contributed by atoms with E-state index < -0.39 is 0 Å². The van der Waals surface area contributed by atoms with Crippen molar-refractivity contribution in [2.45, 2.75) is 65.8 Å². The predicted octanol–water partition coefficient (Wildman–Crippen LogP) is 4.22. The molecule has 1 unspecified atom stereocenters. The summed E-state index contributed by atoms with van der Waals surface area (Å²) in [6.07, 6.45) is 9.34. The van der Waals surface area contributed by atoms with Crippen molar-refractivity contribution >= 4 is 0 Å². The van der Waals surface area contributed by atoms with Crippen molar-refractivity contribution in [2.75, 3.05) is 0 Å². The molecule has 1 heterocycles. The first-order valence-corrected chi connectivity index (χ1v) is 6.70. The van der Waals surface area contributed by atoms with E-state index in [0.29, 0.717) is 5.92 Å². The molecule has 2 heteroatoms. The zero-order valence-corrected chi connectivity index (χ0v) is 11.2. The quantitative estimate of drug-likeness (QED) is 0.675. The average molecular weight is 222 g/mol. The van der Waals surface area contributed by atoms with E-state index in [9.17, 15) is 0 Å². The first-order chi connectivity index (χ1) is 7.69. The molecule has 1 aromatic rings. The highest BCUT2D eigenvalue weighted by Crippen LogP contribution is 2.18. The van der Waals surface area contributed by atoms with Gasteiger partial charge in [0.2, 0.25) is 0 Å². The Bertz CT molecular complexity index is 289. The van der Waals surface area contributed by atoms with Gasteiger partial charge in [0.1, 0.15) is 5.82 Å². The van der Waals surface area contributed by atoms with Crippen LogP contribution < -0.4 is 0 Å². The molecule has 1 aromatic heterocycles. The number of unbranched alkanes of at least 4 members (excludes halogenated alkanes) is 1. The lowest BCUT2D eigenvalue weighted by Crippen LogP contribution is -2.13. The molecule has 0 spiro atoms. The zero-order chi connectivity index (χ0) is 12.0. The maximum atomic E-state index is 4.45. The van der Waals surface area contributed by atoms with Crippen molar-refractivity contribution in [3.8, 4) is 0 Å². The first kappa shape index (κ1) is 13.3. The SMILES string of the molecule is CCCCC(CC)Cn1ccnc1C(C)C. The van der Waals surface area contributed by atoms with Crippen LogP contribution in [0.1, 0.15) is 65.1 Å². The molecule has 1 rings (SSSR count). The van der Waals surface area contributed by atoms with E-state index in [0.717, 1.165) is 12.5 Å². The Kier molecular flexibility index (Phi) is 5.58. The predicted molar refractivity (Wildman–Crippen MR) is 69.6 cm³/mol. The Morgan fingerprint density at radius 2 is 2.06 bits per heavy atom. The van der Waals surface area contributed by atoms with Crippen LogP contribution in [-0.2, 0) is 6.54 Å². The van der Waals surface area contributed by atoms with Crippen molar-refractivity contribution in [1.82, 2.24) is 9.55 Å². The maximum Gasteiger partial charge on any atom is 0.111 e. The number of aromatic nitrogens is 2. The highest BCUT2D eigenvalue weighted by Gasteiger charge is 2.11. The van der Waals surface area contributed by atoms with Gasteiger partial charge in [-0.05, 0) is 12.3 Å². The molecule has 2 nitrogen and oxygen atoms in total. The second-order valence-electron chi connectivity index (χ2n) is 5.01. The maximum absolute atomic E-state index is 4.45. The number of imidazole rings is 1. The first-order valence-electron chi connectivity index (χ1n) is 6.70. The van der Waals surface area contributed by atoms with Gasteiger partial charge in [0, 0.05) is 24.9 Å². The van der Waals surface area contributed by atoms with Crippen LogP contribution in [0.5, 0.6) is 0 Å². The van der Waals surface area contributed by atoms with Crippen molar-refractivity contribution in [3.63, 3.8) is 0 Å². The minimum atomic E-state index is 0.527. The summed E-state index contributed by atoms with van der Waals surface area (Å²) in [5.74, 6) is 2.57. The van der Waals surface area contributed by atoms with Crippen LogP contribution in [0.3, 0.4) is 0 Å². The highest BCUT2D eigenvalue weighted by atomic mass is 15.1. The fraction of sp³-hybridized carbons (Fsp3) is 0.786. The third kappa shape index (κ3) is 3.66. The van der Waals surface area contributed by atoms with Crippen LogP contribution >= 0.6 is 0 Å². The molecule has 0 bridgehead atoms. The van der Waals surface area contributed by atoms with Crippen LogP contribution in [0.2, 0.25) is 0 Å². The largest absolute Gasteiger partial charge is 0.334 e. The van der Waals surface area contributed by atoms with E-state index in [1.807, 2.05) is 6.20 Å². The minimum Gasteiger partial charge on any atom is -0.334 e. The third-order valence-electron chi connectivity index (χ3n) is 3.26. The van der Waals surface area contributed by atoms with Gasteiger partial charge in [-0.2, -0.15) is 0 Å². The molecule has 92 valence electrons. The van der Waals surface area contributed by atoms with Gasteiger partial charge < -0.3 is 4.57 Å².